The second-order valence-electron chi connectivity index (χ2n) is 0.214. The molecule has 0 atom stereocenters. The van der Waals surface area contributed by atoms with E-state index in [2.05, 4.69) is 0 Å². The van der Waals surface area contributed by atoms with Crippen LogP contribution in [0, 0.1) is 6.68 Å². The van der Waals surface area contributed by atoms with Crippen LogP contribution in [0.1, 0.15) is 0 Å². The summed E-state index contributed by atoms with van der Waals surface area (Å²) in [6.45, 7) is -3.08. The fraction of sp³-hybridized carbons (Fsp3) is 0. The van der Waals surface area contributed by atoms with Crippen molar-refractivity contribution in [2.75, 3.05) is 0 Å². The van der Waals surface area contributed by atoms with E-state index in [1.807, 2.05) is 0 Å². The van der Waals surface area contributed by atoms with Gasteiger partial charge in [-0.1, -0.05) is 0 Å². The van der Waals surface area contributed by atoms with Gasteiger partial charge < -0.3 is 13.2 Å². The second-order valence-corrected chi connectivity index (χ2v) is 0.214. The molecular weight excluding hydrogens is 75.9 g/mol. The van der Waals surface area contributed by atoms with Crippen LogP contribution in [-0.4, -0.2) is 0 Å². The maximum Gasteiger partial charge on any atom is 1.00 e. The molecule has 0 aliphatic rings. The summed E-state index contributed by atoms with van der Waals surface area (Å²) in [7, 11) is 0. The first-order valence-electron chi connectivity index (χ1n) is 0.567. The van der Waals surface area contributed by atoms with Gasteiger partial charge in [-0.05, 0) is 0 Å². The van der Waals surface area contributed by atoms with E-state index in [4.69, 9.17) is 0 Å². The number of hydrogen-bond acceptors (Lipinski definition) is 0. The third-order valence-corrected chi connectivity index (χ3v) is 0. The topological polar surface area (TPSA) is 0 Å². The second kappa shape index (κ2) is 4.39. The largest absolute Gasteiger partial charge is 1.00 e. The van der Waals surface area contributed by atoms with Crippen molar-refractivity contribution in [3.63, 3.8) is 0 Å². The molecule has 0 bridgehead atoms. The summed E-state index contributed by atoms with van der Waals surface area (Å²) in [4.78, 5) is 0. The van der Waals surface area contributed by atoms with Gasteiger partial charge in [-0.25, -0.2) is 0 Å². The van der Waals surface area contributed by atoms with E-state index in [9.17, 15) is 13.2 Å². The molecule has 0 amide bonds. The fourth-order valence-electron chi connectivity index (χ4n) is 0. The fourth-order valence-corrected chi connectivity index (χ4v) is 0. The van der Waals surface area contributed by atoms with Gasteiger partial charge in [0.15, 0.2) is 6.68 Å². The van der Waals surface area contributed by atoms with Crippen LogP contribution in [0.4, 0.5) is 13.2 Å². The quantitative estimate of drug-likeness (QED) is 0.239. The van der Waals surface area contributed by atoms with E-state index in [0.29, 0.717) is 0 Å². The molecular formula is CF3Li. The summed E-state index contributed by atoms with van der Waals surface area (Å²) in [6.07, 6.45) is 0. The van der Waals surface area contributed by atoms with Crippen molar-refractivity contribution in [2.45, 2.75) is 0 Å². The monoisotopic (exact) mass is 76.0 g/mol. The van der Waals surface area contributed by atoms with Crippen molar-refractivity contribution < 1.29 is 32.0 Å². The van der Waals surface area contributed by atoms with Crippen molar-refractivity contribution in [1.82, 2.24) is 0 Å². The first-order chi connectivity index (χ1) is 1.73. The van der Waals surface area contributed by atoms with E-state index >= 15 is 0 Å². The molecule has 5 heavy (non-hydrogen) atoms. The van der Waals surface area contributed by atoms with Crippen molar-refractivity contribution in [3.8, 4) is 0 Å². The van der Waals surface area contributed by atoms with E-state index in [-0.39, 0.29) is 18.9 Å². The number of rotatable bonds is 0. The van der Waals surface area contributed by atoms with Gasteiger partial charge in [0.25, 0.3) is 0 Å². The number of halogens is 3. The molecule has 0 unspecified atom stereocenters. The first kappa shape index (κ1) is 9.04. The van der Waals surface area contributed by atoms with Gasteiger partial charge >= 0.3 is 18.9 Å². The SMILES string of the molecule is F[C-](F)F.[Li+]. The van der Waals surface area contributed by atoms with Gasteiger partial charge in [-0.3, -0.25) is 0 Å². The molecule has 0 saturated heterocycles. The third kappa shape index (κ3) is 167. The molecule has 0 aromatic rings. The van der Waals surface area contributed by atoms with Crippen molar-refractivity contribution >= 4 is 0 Å². The zero-order valence-electron chi connectivity index (χ0n) is 2.63. The molecule has 0 N–H and O–H groups in total. The first-order valence-corrected chi connectivity index (χ1v) is 0.567. The van der Waals surface area contributed by atoms with E-state index in [0.717, 1.165) is 0 Å². The van der Waals surface area contributed by atoms with Crippen LogP contribution in [0.25, 0.3) is 0 Å². The summed E-state index contributed by atoms with van der Waals surface area (Å²) >= 11 is 0. The zero-order valence-corrected chi connectivity index (χ0v) is 2.63. The normalized spacial score (nSPS) is 7.20. The van der Waals surface area contributed by atoms with Crippen molar-refractivity contribution in [2.24, 2.45) is 0 Å². The molecule has 0 rings (SSSR count). The Morgan fingerprint density at radius 1 is 1.00 bits per heavy atom. The van der Waals surface area contributed by atoms with Gasteiger partial charge in [0, 0.05) is 0 Å². The van der Waals surface area contributed by atoms with Crippen LogP contribution in [0.15, 0.2) is 0 Å². The van der Waals surface area contributed by atoms with Crippen molar-refractivity contribution in [3.05, 3.63) is 6.68 Å². The van der Waals surface area contributed by atoms with Gasteiger partial charge in [0.2, 0.25) is 0 Å². The standard InChI is InChI=1S/CF3.Li/c2-1(3)4;/q-1;+1. The predicted octanol–water partition coefficient (Wildman–Crippen LogP) is -1.65. The molecule has 4 heteroatoms. The maximum atomic E-state index is 9.58. The summed E-state index contributed by atoms with van der Waals surface area (Å²) in [5.41, 5.74) is 0. The Hall–Kier alpha value is 0.387. The Labute approximate surface area is 39.5 Å². The average molecular weight is 75.9 g/mol. The van der Waals surface area contributed by atoms with Crippen LogP contribution >= 0.6 is 0 Å². The predicted molar refractivity (Wildman–Crippen MR) is 6.57 cm³/mol. The minimum absolute atomic E-state index is 0. The zero-order chi connectivity index (χ0) is 3.58. The average Bonchev–Trinajstić information content (AvgIpc) is 0.811. The molecule has 0 nitrogen and oxygen atoms in total. The van der Waals surface area contributed by atoms with Gasteiger partial charge in [-0.2, -0.15) is 0 Å². The smallest absolute Gasteiger partial charge is 0.385 e. The van der Waals surface area contributed by atoms with Gasteiger partial charge in [-0.15, -0.1) is 0 Å². The summed E-state index contributed by atoms with van der Waals surface area (Å²) in [5.74, 6) is 0. The van der Waals surface area contributed by atoms with Gasteiger partial charge in [0.05, 0.1) is 0 Å². The number of hydrogen-bond donors (Lipinski definition) is 0. The molecule has 0 saturated carbocycles. The Kier molecular flexibility index (Phi) is 7.93. The molecule has 0 aromatic heterocycles. The van der Waals surface area contributed by atoms with Crippen LogP contribution in [0.2, 0.25) is 0 Å². The van der Waals surface area contributed by atoms with Crippen LogP contribution in [0.3, 0.4) is 0 Å². The molecule has 0 radical (unpaired) electrons. The van der Waals surface area contributed by atoms with Crippen molar-refractivity contribution in [1.29, 1.82) is 0 Å². The maximum absolute atomic E-state index is 9.58. The Balaban J connectivity index is 0. The minimum Gasteiger partial charge on any atom is -0.385 e. The van der Waals surface area contributed by atoms with E-state index in [1.165, 1.54) is 0 Å². The van der Waals surface area contributed by atoms with Crippen LogP contribution in [0.5, 0.6) is 0 Å². The van der Waals surface area contributed by atoms with E-state index < -0.39 is 6.68 Å². The molecule has 0 aliphatic carbocycles. The Bertz CT molecular complexity index is 11.6. The minimum atomic E-state index is -3.08. The summed E-state index contributed by atoms with van der Waals surface area (Å²) in [5, 5.41) is 0. The van der Waals surface area contributed by atoms with E-state index in [1.54, 1.807) is 0 Å². The molecule has 0 heterocycles. The molecule has 0 aliphatic heterocycles. The molecule has 0 fully saturated rings. The molecule has 26 valence electrons. The summed E-state index contributed by atoms with van der Waals surface area (Å²) < 4.78 is 28.8. The van der Waals surface area contributed by atoms with Gasteiger partial charge in [0.1, 0.15) is 0 Å². The van der Waals surface area contributed by atoms with Crippen LogP contribution < -0.4 is 18.9 Å². The summed E-state index contributed by atoms with van der Waals surface area (Å²) in [6, 6.07) is 0. The Morgan fingerprint density at radius 2 is 1.00 bits per heavy atom. The Morgan fingerprint density at radius 3 is 1.00 bits per heavy atom. The third-order valence-electron chi connectivity index (χ3n) is 0. The molecule has 0 aromatic carbocycles. The molecule has 0 spiro atoms. The van der Waals surface area contributed by atoms with Crippen LogP contribution in [-0.2, 0) is 0 Å².